The number of halogens is 9. The van der Waals surface area contributed by atoms with Crippen LogP contribution in [0.3, 0.4) is 0 Å². The van der Waals surface area contributed by atoms with Gasteiger partial charge in [0.25, 0.3) is 6.36 Å². The molecule has 1 unspecified atom stereocenters. The van der Waals surface area contributed by atoms with Crippen LogP contribution < -0.4 is 0 Å². The molecule has 18 heavy (non-hydrogen) atoms. The van der Waals surface area contributed by atoms with Crippen molar-refractivity contribution in [2.24, 2.45) is 0 Å². The average Bonchev–Trinajstić information content (AvgIpc) is 2.28. The van der Waals surface area contributed by atoms with Crippen LogP contribution in [0.1, 0.15) is 0 Å². The maximum absolute atomic E-state index is 12.5. The first-order valence-corrected chi connectivity index (χ1v) is 4.97. The summed E-state index contributed by atoms with van der Waals surface area (Å²) in [5.41, 5.74) is 0. The lowest BCUT2D eigenvalue weighted by atomic mass is 10.2. The van der Waals surface area contributed by atoms with E-state index < -0.39 is 32.5 Å². The lowest BCUT2D eigenvalue weighted by molar-refractivity contribution is -0.316. The highest BCUT2D eigenvalue weighted by Crippen LogP contribution is 2.55. The fourth-order valence-corrected chi connectivity index (χ4v) is 0.965. The van der Waals surface area contributed by atoms with Crippen molar-refractivity contribution in [3.63, 3.8) is 0 Å². The summed E-state index contributed by atoms with van der Waals surface area (Å²) in [6.45, 7) is 0. The first-order valence-electron chi connectivity index (χ1n) is 3.51. The van der Waals surface area contributed by atoms with Crippen molar-refractivity contribution in [3.8, 4) is 0 Å². The summed E-state index contributed by atoms with van der Waals surface area (Å²) in [4.78, 5) is 0. The Morgan fingerprint density at radius 2 is 1.28 bits per heavy atom. The fraction of sp³-hybridized carbons (Fsp3) is 1.00. The molecule has 0 heterocycles. The first kappa shape index (κ1) is 17.5. The van der Waals surface area contributed by atoms with Crippen LogP contribution in [0.25, 0.3) is 0 Å². The Hall–Kier alpha value is -0.520. The molecule has 0 bridgehead atoms. The van der Waals surface area contributed by atoms with Gasteiger partial charge in [0, 0.05) is 0 Å². The third-order valence-electron chi connectivity index (χ3n) is 1.39. The normalized spacial score (nSPS) is 16.1. The predicted octanol–water partition coefficient (Wildman–Crippen LogP) is 3.74. The highest BCUT2D eigenvalue weighted by atomic mass is 31.2. The maximum Gasteiger partial charge on any atom is 0.540 e. The van der Waals surface area contributed by atoms with Gasteiger partial charge in [-0.05, 0) is 9.05 Å². The monoisotopic (exact) mass is 316 g/mol. The molecule has 0 aromatic heterocycles. The number of hydrogen-bond acceptors (Lipinski definition) is 4. The molecule has 0 aliphatic rings. The summed E-state index contributed by atoms with van der Waals surface area (Å²) in [6, 6.07) is 0. The third-order valence-corrected chi connectivity index (χ3v) is 2.18. The molecule has 110 valence electrons. The van der Waals surface area contributed by atoms with Crippen molar-refractivity contribution in [1.29, 1.82) is 0 Å². The smallest absolute Gasteiger partial charge is 0.241 e. The lowest BCUT2D eigenvalue weighted by Gasteiger charge is -2.28. The topological polar surface area (TPSA) is 44.8 Å². The molecule has 0 spiro atoms. The van der Waals surface area contributed by atoms with Crippen LogP contribution in [0, 0.1) is 0 Å². The minimum Gasteiger partial charge on any atom is -0.241 e. The van der Waals surface area contributed by atoms with Gasteiger partial charge in [0.1, 0.15) is 0 Å². The van der Waals surface area contributed by atoms with Crippen LogP contribution in [-0.4, -0.2) is 24.6 Å². The fourth-order valence-electron chi connectivity index (χ4n) is 0.519. The van der Waals surface area contributed by atoms with Gasteiger partial charge in [-0.15, -0.1) is 0 Å². The summed E-state index contributed by atoms with van der Waals surface area (Å²) in [6.07, 6.45) is -9.83. The van der Waals surface area contributed by atoms with Crippen LogP contribution in [0.4, 0.5) is 39.8 Å². The summed E-state index contributed by atoms with van der Waals surface area (Å²) in [7, 11) is -6.20. The van der Waals surface area contributed by atoms with Crippen LogP contribution in [0.2, 0.25) is 0 Å². The van der Waals surface area contributed by atoms with Crippen LogP contribution in [0.5, 0.6) is 0 Å². The molecule has 0 saturated carbocycles. The van der Waals surface area contributed by atoms with Crippen molar-refractivity contribution < 1.29 is 58.3 Å². The Labute approximate surface area is 92.0 Å². The quantitative estimate of drug-likeness (QED) is 0.530. The number of alkyl halides is 7. The Bertz CT molecular complexity index is 314. The zero-order chi connectivity index (χ0) is 14.8. The Morgan fingerprint density at radius 3 is 1.56 bits per heavy atom. The van der Waals surface area contributed by atoms with Crippen molar-refractivity contribution in [2.75, 3.05) is 0 Å². The van der Waals surface area contributed by atoms with E-state index in [1.54, 1.807) is 0 Å². The van der Waals surface area contributed by atoms with Gasteiger partial charge in [-0.1, -0.05) is 9.46 Å². The van der Waals surface area contributed by atoms with Crippen molar-refractivity contribution in [1.82, 2.24) is 0 Å². The molecular weight excluding hydrogens is 314 g/mol. The van der Waals surface area contributed by atoms with Gasteiger partial charge in [0.05, 0.1) is 0 Å². The molecule has 0 N–H and O–H groups in total. The molecule has 0 amide bonds. The molecule has 1 atom stereocenters. The van der Waals surface area contributed by atoms with Crippen LogP contribution in [0.15, 0.2) is 0 Å². The van der Waals surface area contributed by atoms with E-state index in [2.05, 4.69) is 4.52 Å². The molecule has 0 aliphatic carbocycles. The van der Waals surface area contributed by atoms with Crippen molar-refractivity contribution >= 4 is 7.82 Å². The van der Waals surface area contributed by atoms with Gasteiger partial charge >= 0.3 is 26.1 Å². The van der Waals surface area contributed by atoms with Crippen molar-refractivity contribution in [3.05, 3.63) is 0 Å². The highest BCUT2D eigenvalue weighted by molar-refractivity contribution is 7.48. The molecule has 0 rings (SSSR count). The minimum atomic E-state index is -6.26. The summed E-state index contributed by atoms with van der Waals surface area (Å²) in [5.74, 6) is -12.5. The molecule has 4 nitrogen and oxygen atoms in total. The largest absolute Gasteiger partial charge is 0.540 e. The Kier molecular flexibility index (Phi) is 5.47. The van der Waals surface area contributed by atoms with E-state index in [9.17, 15) is 44.4 Å². The number of phosphoric acid groups is 1. The molecule has 0 radical (unpaired) electrons. The van der Waals surface area contributed by atoms with Gasteiger partial charge in [-0.3, -0.25) is 0 Å². The standard InChI is InChI=1S/C4H2F9O4P/c5-1(6)3(8,9)4(10,11)2(7)15-18(14,16-12)17-13/h1-2H. The predicted molar refractivity (Wildman–Crippen MR) is 33.9 cm³/mol. The molecule has 0 fully saturated rings. The van der Waals surface area contributed by atoms with Gasteiger partial charge in [0.15, 0.2) is 0 Å². The second kappa shape index (κ2) is 5.63. The molecule has 0 aromatic rings. The van der Waals surface area contributed by atoms with Gasteiger partial charge in [-0.25, -0.2) is 22.3 Å². The van der Waals surface area contributed by atoms with Gasteiger partial charge in [-0.2, -0.15) is 17.6 Å². The molecule has 0 saturated heterocycles. The van der Waals surface area contributed by atoms with Crippen molar-refractivity contribution in [2.45, 2.75) is 24.6 Å². The van der Waals surface area contributed by atoms with Crippen LogP contribution >= 0.6 is 7.82 Å². The Morgan fingerprint density at radius 1 is 0.889 bits per heavy atom. The van der Waals surface area contributed by atoms with Gasteiger partial charge in [0.2, 0.25) is 0 Å². The molecule has 0 aromatic carbocycles. The summed E-state index contributed by atoms with van der Waals surface area (Å²) >= 11 is 0. The zero-order valence-corrected chi connectivity index (χ0v) is 8.53. The minimum absolute atomic E-state index is 1.96. The van der Waals surface area contributed by atoms with E-state index >= 15 is 0 Å². The van der Waals surface area contributed by atoms with E-state index in [1.165, 1.54) is 0 Å². The number of rotatable bonds is 7. The molecular formula is C4H2F9O4P. The van der Waals surface area contributed by atoms with E-state index in [1.807, 2.05) is 9.46 Å². The maximum atomic E-state index is 12.5. The molecule has 14 heteroatoms. The first-order chi connectivity index (χ1) is 7.94. The number of hydrogen-bond donors (Lipinski definition) is 0. The average molecular weight is 316 g/mol. The Balaban J connectivity index is 5.09. The highest BCUT2D eigenvalue weighted by Gasteiger charge is 2.69. The van der Waals surface area contributed by atoms with Gasteiger partial charge < -0.3 is 0 Å². The van der Waals surface area contributed by atoms with E-state index in [4.69, 9.17) is 0 Å². The summed E-state index contributed by atoms with van der Waals surface area (Å²) in [5, 5.41) is 0. The van der Waals surface area contributed by atoms with Crippen LogP contribution in [-0.2, 0) is 18.5 Å². The second-order valence-corrected chi connectivity index (χ2v) is 3.93. The third kappa shape index (κ3) is 3.28. The van der Waals surface area contributed by atoms with E-state index in [0.29, 0.717) is 0 Å². The lowest BCUT2D eigenvalue weighted by Crippen LogP contribution is -2.52. The summed E-state index contributed by atoms with van der Waals surface area (Å²) < 4.78 is 124. The molecule has 0 aliphatic heterocycles. The SMILES string of the molecule is O=P(OF)(OF)OC(F)C(F)(F)C(F)(F)C(F)F. The van der Waals surface area contributed by atoms with E-state index in [0.717, 1.165) is 0 Å². The zero-order valence-electron chi connectivity index (χ0n) is 7.64. The van der Waals surface area contributed by atoms with E-state index in [-0.39, 0.29) is 0 Å². The second-order valence-electron chi connectivity index (χ2n) is 2.55.